The summed E-state index contributed by atoms with van der Waals surface area (Å²) in [6, 6.07) is -0.202. The maximum atomic E-state index is 9.89. The van der Waals surface area contributed by atoms with Crippen LogP contribution in [0.15, 0.2) is 94.2 Å². The van der Waals surface area contributed by atoms with Crippen molar-refractivity contribution >= 4 is 0 Å². The number of aliphatic hydroxyl groups excluding tert-OH is 1. The van der Waals surface area contributed by atoms with Gasteiger partial charge in [0.05, 0.1) is 6.61 Å². The van der Waals surface area contributed by atoms with Crippen LogP contribution in [0.2, 0.25) is 0 Å². The molecule has 3 rings (SSSR count). The van der Waals surface area contributed by atoms with Gasteiger partial charge in [0.15, 0.2) is 0 Å². The molecule has 0 radical (unpaired) electrons. The molecule has 262 valence electrons. The molecule has 47 heavy (non-hydrogen) atoms. The maximum absolute atomic E-state index is 9.89. The third kappa shape index (κ3) is 10.9. The molecule has 1 aliphatic heterocycles. The second-order valence-corrected chi connectivity index (χ2v) is 16.3. The minimum Gasteiger partial charge on any atom is -0.395 e. The van der Waals surface area contributed by atoms with Crippen molar-refractivity contribution in [2.45, 2.75) is 132 Å². The number of hydrogen-bond donors (Lipinski definition) is 4. The zero-order valence-electron chi connectivity index (χ0n) is 31.3. The van der Waals surface area contributed by atoms with Crippen LogP contribution in [0.4, 0.5) is 0 Å². The lowest BCUT2D eigenvalue weighted by Gasteiger charge is -2.52. The van der Waals surface area contributed by atoms with Crippen molar-refractivity contribution in [1.82, 2.24) is 4.90 Å². The molecule has 1 fully saturated rings. The molecule has 1 saturated heterocycles. The number of aliphatic hydroxyl groups is 1. The number of β-amino-alcohol motifs (C(OH)–C–C–N with tert-alkyl or cyclic N) is 1. The van der Waals surface area contributed by atoms with Gasteiger partial charge < -0.3 is 22.3 Å². The largest absolute Gasteiger partial charge is 0.395 e. The van der Waals surface area contributed by atoms with Crippen molar-refractivity contribution in [2.24, 2.45) is 39.9 Å². The second-order valence-electron chi connectivity index (χ2n) is 16.3. The molecule has 0 spiro atoms. The van der Waals surface area contributed by atoms with E-state index < -0.39 is 5.79 Å². The van der Waals surface area contributed by atoms with Crippen molar-refractivity contribution in [3.8, 4) is 0 Å². The van der Waals surface area contributed by atoms with Crippen LogP contribution >= 0.6 is 0 Å². The first-order valence-corrected chi connectivity index (χ1v) is 18.2. The van der Waals surface area contributed by atoms with E-state index in [2.05, 4.69) is 123 Å². The zero-order chi connectivity index (χ0) is 35.0. The van der Waals surface area contributed by atoms with Crippen LogP contribution in [0.5, 0.6) is 0 Å². The molecule has 4 unspecified atom stereocenters. The van der Waals surface area contributed by atoms with Gasteiger partial charge in [0.25, 0.3) is 0 Å². The van der Waals surface area contributed by atoms with E-state index in [1.807, 2.05) is 4.90 Å². The van der Waals surface area contributed by atoms with Gasteiger partial charge in [0, 0.05) is 25.0 Å². The number of nitrogens with two attached hydrogens (primary N) is 3. The Morgan fingerprint density at radius 2 is 1.40 bits per heavy atom. The summed E-state index contributed by atoms with van der Waals surface area (Å²) < 4.78 is 0. The molecule has 0 aromatic heterocycles. The predicted molar refractivity (Wildman–Crippen MR) is 203 cm³/mol. The summed E-state index contributed by atoms with van der Waals surface area (Å²) in [5.74, 6) is -0.752. The molecule has 5 heteroatoms. The minimum atomic E-state index is -1.04. The Morgan fingerprint density at radius 3 is 1.89 bits per heavy atom. The lowest BCUT2D eigenvalue weighted by Crippen LogP contribution is -2.74. The summed E-state index contributed by atoms with van der Waals surface area (Å²) in [6.45, 7) is 20.9. The molecular weight excluding hydrogens is 576 g/mol. The Bertz CT molecular complexity index is 1320. The smallest absolute Gasteiger partial charge is 0.121 e. The molecule has 1 heterocycles. The number of allylic oxidation sites excluding steroid dienone is 15. The molecular formula is C42H68N4O. The van der Waals surface area contributed by atoms with Crippen LogP contribution in [0.1, 0.15) is 114 Å². The Morgan fingerprint density at radius 1 is 0.894 bits per heavy atom. The molecule has 0 aromatic carbocycles. The molecule has 0 aromatic rings. The molecule has 0 amide bonds. The van der Waals surface area contributed by atoms with Gasteiger partial charge in [-0.25, -0.2) is 0 Å². The normalized spacial score (nSPS) is 28.5. The molecule has 3 aliphatic rings. The van der Waals surface area contributed by atoms with Crippen LogP contribution in [-0.4, -0.2) is 41.0 Å². The Labute approximate surface area is 288 Å². The van der Waals surface area contributed by atoms with E-state index in [-0.39, 0.29) is 41.4 Å². The lowest BCUT2D eigenvalue weighted by atomic mass is 9.72. The van der Waals surface area contributed by atoms with Gasteiger partial charge in [-0.05, 0) is 106 Å². The second kappa shape index (κ2) is 16.9. The maximum Gasteiger partial charge on any atom is 0.121 e. The molecule has 7 N–H and O–H groups in total. The third-order valence-corrected chi connectivity index (χ3v) is 11.0. The predicted octanol–water partition coefficient (Wildman–Crippen LogP) is 8.76. The molecule has 4 atom stereocenters. The van der Waals surface area contributed by atoms with Gasteiger partial charge in [0.2, 0.25) is 0 Å². The summed E-state index contributed by atoms with van der Waals surface area (Å²) in [7, 11) is 0. The highest BCUT2D eigenvalue weighted by Gasteiger charge is 2.45. The Kier molecular flexibility index (Phi) is 14.1. The number of likely N-dealkylation sites (tertiary alicyclic amines) is 1. The SMILES string of the molecule is CC1=C(/C=C/C(C)=C/C=C/C(C)CC2C(N)C(/C=C/C=C(C)/C=C/C3=C(C)CCCC3(C)C)CC(N)(N)N2CCO)C(C)(C)CCC1. The summed E-state index contributed by atoms with van der Waals surface area (Å²) in [5.41, 5.74) is 29.3. The van der Waals surface area contributed by atoms with E-state index in [1.165, 1.54) is 72.0 Å². The molecule has 5 nitrogen and oxygen atoms in total. The summed E-state index contributed by atoms with van der Waals surface area (Å²) in [5, 5.41) is 9.89. The van der Waals surface area contributed by atoms with Crippen molar-refractivity contribution in [3.05, 3.63) is 94.2 Å². The summed E-state index contributed by atoms with van der Waals surface area (Å²) in [4.78, 5) is 2.03. The average Bonchev–Trinajstić information content (AvgIpc) is 2.96. The van der Waals surface area contributed by atoms with Crippen LogP contribution in [-0.2, 0) is 0 Å². The van der Waals surface area contributed by atoms with Crippen LogP contribution in [0, 0.1) is 22.7 Å². The van der Waals surface area contributed by atoms with Gasteiger partial charge >= 0.3 is 0 Å². The topological polar surface area (TPSA) is 102 Å². The van der Waals surface area contributed by atoms with Gasteiger partial charge in [-0.15, -0.1) is 0 Å². The van der Waals surface area contributed by atoms with Crippen LogP contribution in [0.3, 0.4) is 0 Å². The fraction of sp³-hybridized carbons (Fsp3) is 0.619. The van der Waals surface area contributed by atoms with Gasteiger partial charge in [0.1, 0.15) is 5.79 Å². The number of rotatable bonds is 12. The number of piperidine rings is 1. The van der Waals surface area contributed by atoms with Gasteiger partial charge in [-0.1, -0.05) is 118 Å². The fourth-order valence-electron chi connectivity index (χ4n) is 8.16. The van der Waals surface area contributed by atoms with Crippen molar-refractivity contribution in [2.75, 3.05) is 13.2 Å². The monoisotopic (exact) mass is 645 g/mol. The summed E-state index contributed by atoms with van der Waals surface area (Å²) >= 11 is 0. The highest BCUT2D eigenvalue weighted by atomic mass is 16.3. The van der Waals surface area contributed by atoms with Crippen molar-refractivity contribution in [3.63, 3.8) is 0 Å². The third-order valence-electron chi connectivity index (χ3n) is 11.0. The highest BCUT2D eigenvalue weighted by molar-refractivity contribution is 5.38. The molecule has 0 saturated carbocycles. The molecule has 2 aliphatic carbocycles. The minimum absolute atomic E-state index is 0.00788. The first-order chi connectivity index (χ1) is 22.0. The van der Waals surface area contributed by atoms with Crippen molar-refractivity contribution in [1.29, 1.82) is 0 Å². The van der Waals surface area contributed by atoms with Gasteiger partial charge in [-0.3, -0.25) is 4.90 Å². The van der Waals surface area contributed by atoms with E-state index in [4.69, 9.17) is 17.2 Å². The quantitative estimate of drug-likeness (QED) is 0.126. The first kappa shape index (κ1) is 39.2. The number of hydrogen-bond acceptors (Lipinski definition) is 5. The van der Waals surface area contributed by atoms with E-state index >= 15 is 0 Å². The van der Waals surface area contributed by atoms with Gasteiger partial charge in [-0.2, -0.15) is 0 Å². The standard InChI is InChI=1S/C42H68N4O/c1-30(20-22-36-33(4)17-12-24-40(36,6)7)14-10-16-32(3)28-38-39(43)35(29-42(44,45)46(38)26-27-47)19-11-15-31(2)21-23-37-34(5)18-13-25-41(37,8)9/h10-11,14-16,19-23,32,35,38-39,47H,12-13,17-18,24-29,43-45H2,1-9H3/b16-10+,19-11+,22-20+,23-21+,30-14+,31-15+. The summed E-state index contributed by atoms with van der Waals surface area (Å²) in [6.07, 6.45) is 30.9. The first-order valence-electron chi connectivity index (χ1n) is 18.2. The van der Waals surface area contributed by atoms with E-state index in [9.17, 15) is 5.11 Å². The number of nitrogens with zero attached hydrogens (tertiary/aromatic N) is 1. The lowest BCUT2D eigenvalue weighted by molar-refractivity contribution is -0.0376. The Balaban J connectivity index is 1.70. The van der Waals surface area contributed by atoms with Crippen LogP contribution in [0.25, 0.3) is 0 Å². The fourth-order valence-corrected chi connectivity index (χ4v) is 8.16. The van der Waals surface area contributed by atoms with E-state index in [0.717, 1.165) is 6.42 Å². The zero-order valence-corrected chi connectivity index (χ0v) is 31.3. The molecule has 0 bridgehead atoms. The highest BCUT2D eigenvalue weighted by Crippen LogP contribution is 2.42. The van der Waals surface area contributed by atoms with Crippen LogP contribution < -0.4 is 17.2 Å². The van der Waals surface area contributed by atoms with Crippen molar-refractivity contribution < 1.29 is 5.11 Å². The Hall–Kier alpha value is -2.28. The average molecular weight is 645 g/mol. The van der Waals surface area contributed by atoms with E-state index in [1.54, 1.807) is 0 Å². The van der Waals surface area contributed by atoms with E-state index in [0.29, 0.717) is 13.0 Å².